The van der Waals surface area contributed by atoms with Gasteiger partial charge in [-0.25, -0.2) is 4.79 Å². The van der Waals surface area contributed by atoms with Crippen LogP contribution in [0.4, 0.5) is 4.79 Å². The molecule has 126 valence electrons. The Morgan fingerprint density at radius 3 is 2.92 bits per heavy atom. The molecule has 2 aliphatic heterocycles. The number of ether oxygens (including phenoxy) is 1. The van der Waals surface area contributed by atoms with Gasteiger partial charge in [0.25, 0.3) is 0 Å². The van der Waals surface area contributed by atoms with Gasteiger partial charge < -0.3 is 14.6 Å². The Morgan fingerprint density at radius 2 is 2.17 bits per heavy atom. The first-order chi connectivity index (χ1) is 11.6. The monoisotopic (exact) mass is 327 g/mol. The van der Waals surface area contributed by atoms with E-state index in [-0.39, 0.29) is 11.7 Å². The summed E-state index contributed by atoms with van der Waals surface area (Å²) in [5.74, 6) is 0.833. The summed E-state index contributed by atoms with van der Waals surface area (Å²) < 4.78 is 11.0. The second-order valence-electron chi connectivity index (χ2n) is 6.78. The van der Waals surface area contributed by atoms with E-state index in [2.05, 4.69) is 46.6 Å². The summed E-state index contributed by atoms with van der Waals surface area (Å²) in [7, 11) is 0. The number of amides is 1. The van der Waals surface area contributed by atoms with Crippen LogP contribution in [0.25, 0.3) is 11.3 Å². The molecule has 0 saturated carbocycles. The zero-order valence-corrected chi connectivity index (χ0v) is 13.7. The zero-order valence-electron chi connectivity index (χ0n) is 13.7. The minimum absolute atomic E-state index is 0.307. The number of nitrogens with zero attached hydrogens (tertiary/aromatic N) is 2. The van der Waals surface area contributed by atoms with Gasteiger partial charge in [-0.2, -0.15) is 0 Å². The standard InChI is InChI=1S/C18H21N3O3/c1-13-3-5-14(6-4-13)16-9-15(24-20-16)10-21-8-2-7-18(12-21)11-19-17(22)23-18/h3-6,9H,2,7-8,10-12H2,1H3,(H,19,22). The van der Waals surface area contributed by atoms with Crippen molar-refractivity contribution in [2.24, 2.45) is 0 Å². The summed E-state index contributed by atoms with van der Waals surface area (Å²) in [6.07, 6.45) is 1.61. The Bertz CT molecular complexity index is 740. The van der Waals surface area contributed by atoms with Crippen LogP contribution in [0.1, 0.15) is 24.2 Å². The number of aryl methyl sites for hydroxylation is 1. The highest BCUT2D eigenvalue weighted by Crippen LogP contribution is 2.29. The van der Waals surface area contributed by atoms with Crippen molar-refractivity contribution in [3.63, 3.8) is 0 Å². The molecule has 0 bridgehead atoms. The molecule has 2 aromatic rings. The van der Waals surface area contributed by atoms with E-state index in [1.807, 2.05) is 6.07 Å². The highest BCUT2D eigenvalue weighted by molar-refractivity contribution is 5.70. The summed E-state index contributed by atoms with van der Waals surface area (Å²) in [5, 5.41) is 6.95. The fourth-order valence-electron chi connectivity index (χ4n) is 3.52. The predicted octanol–water partition coefficient (Wildman–Crippen LogP) is 2.72. The van der Waals surface area contributed by atoms with E-state index in [4.69, 9.17) is 9.26 Å². The average molecular weight is 327 g/mol. The Labute approximate surface area is 140 Å². The predicted molar refractivity (Wildman–Crippen MR) is 88.4 cm³/mol. The second kappa shape index (κ2) is 5.94. The molecule has 6 nitrogen and oxygen atoms in total. The maximum Gasteiger partial charge on any atom is 0.407 e. The molecule has 24 heavy (non-hydrogen) atoms. The van der Waals surface area contributed by atoms with E-state index in [1.54, 1.807) is 0 Å². The fourth-order valence-corrected chi connectivity index (χ4v) is 3.52. The van der Waals surface area contributed by atoms with E-state index >= 15 is 0 Å². The largest absolute Gasteiger partial charge is 0.440 e. The third kappa shape index (κ3) is 3.01. The van der Waals surface area contributed by atoms with E-state index in [0.717, 1.165) is 42.9 Å². The van der Waals surface area contributed by atoms with Gasteiger partial charge in [0.2, 0.25) is 0 Å². The number of hydrogen-bond acceptors (Lipinski definition) is 5. The lowest BCUT2D eigenvalue weighted by Crippen LogP contribution is -2.50. The van der Waals surface area contributed by atoms with Gasteiger partial charge in [0.05, 0.1) is 13.1 Å². The number of piperidine rings is 1. The number of likely N-dealkylation sites (tertiary alicyclic amines) is 1. The molecule has 1 N–H and O–H groups in total. The van der Waals surface area contributed by atoms with Crippen LogP contribution in [0, 0.1) is 6.92 Å². The highest BCUT2D eigenvalue weighted by atomic mass is 16.6. The van der Waals surface area contributed by atoms with Crippen molar-refractivity contribution in [2.45, 2.75) is 31.9 Å². The topological polar surface area (TPSA) is 67.6 Å². The molecule has 1 aromatic carbocycles. The third-order valence-corrected chi connectivity index (χ3v) is 4.77. The van der Waals surface area contributed by atoms with Gasteiger partial charge in [0.1, 0.15) is 11.3 Å². The van der Waals surface area contributed by atoms with Crippen LogP contribution in [0.5, 0.6) is 0 Å². The van der Waals surface area contributed by atoms with E-state index in [9.17, 15) is 4.79 Å². The van der Waals surface area contributed by atoms with Crippen LogP contribution in [0.2, 0.25) is 0 Å². The maximum atomic E-state index is 11.4. The molecule has 0 aliphatic carbocycles. The van der Waals surface area contributed by atoms with E-state index < -0.39 is 0 Å². The normalized spacial score (nSPS) is 24.1. The second-order valence-corrected chi connectivity index (χ2v) is 6.78. The number of alkyl carbamates (subject to hydrolysis) is 1. The Hall–Kier alpha value is -2.34. The molecule has 4 rings (SSSR count). The summed E-state index contributed by atoms with van der Waals surface area (Å²) in [4.78, 5) is 13.7. The first kappa shape index (κ1) is 15.2. The van der Waals surface area contributed by atoms with Crippen molar-refractivity contribution >= 4 is 6.09 Å². The number of carbonyl (C=O) groups is 1. The van der Waals surface area contributed by atoms with Gasteiger partial charge in [-0.15, -0.1) is 0 Å². The molecule has 1 spiro atoms. The number of hydrogen-bond donors (Lipinski definition) is 1. The molecule has 0 radical (unpaired) electrons. The summed E-state index contributed by atoms with van der Waals surface area (Å²) in [6, 6.07) is 10.2. The van der Waals surface area contributed by atoms with Crippen LogP contribution in [0.15, 0.2) is 34.9 Å². The van der Waals surface area contributed by atoms with E-state index in [1.165, 1.54) is 5.56 Å². The Balaban J connectivity index is 1.44. The van der Waals surface area contributed by atoms with Crippen LogP contribution in [-0.2, 0) is 11.3 Å². The van der Waals surface area contributed by atoms with Crippen molar-refractivity contribution < 1.29 is 14.1 Å². The molecule has 1 atom stereocenters. The lowest BCUT2D eigenvalue weighted by atomic mass is 9.93. The van der Waals surface area contributed by atoms with Crippen molar-refractivity contribution in [1.29, 1.82) is 0 Å². The number of aromatic nitrogens is 1. The van der Waals surface area contributed by atoms with Crippen molar-refractivity contribution in [3.05, 3.63) is 41.7 Å². The Morgan fingerprint density at radius 1 is 1.33 bits per heavy atom. The van der Waals surface area contributed by atoms with Crippen molar-refractivity contribution in [2.75, 3.05) is 19.6 Å². The summed E-state index contributed by atoms with van der Waals surface area (Å²) >= 11 is 0. The number of carbonyl (C=O) groups excluding carboxylic acids is 1. The lowest BCUT2D eigenvalue weighted by Gasteiger charge is -2.37. The molecule has 3 heterocycles. The smallest absolute Gasteiger partial charge is 0.407 e. The van der Waals surface area contributed by atoms with Gasteiger partial charge >= 0.3 is 6.09 Å². The molecule has 2 saturated heterocycles. The van der Waals surface area contributed by atoms with Crippen molar-refractivity contribution in [1.82, 2.24) is 15.4 Å². The molecule has 1 unspecified atom stereocenters. The highest BCUT2D eigenvalue weighted by Gasteiger charge is 2.43. The minimum atomic E-state index is -0.380. The lowest BCUT2D eigenvalue weighted by molar-refractivity contribution is -0.0132. The van der Waals surface area contributed by atoms with Gasteiger partial charge in [-0.3, -0.25) is 4.90 Å². The molecule has 2 fully saturated rings. The van der Waals surface area contributed by atoms with Crippen LogP contribution < -0.4 is 5.32 Å². The number of rotatable bonds is 3. The first-order valence-electron chi connectivity index (χ1n) is 8.34. The van der Waals surface area contributed by atoms with Gasteiger partial charge in [0.15, 0.2) is 5.76 Å². The third-order valence-electron chi connectivity index (χ3n) is 4.77. The molecule has 1 amide bonds. The van der Waals surface area contributed by atoms with Gasteiger partial charge in [0, 0.05) is 18.2 Å². The molecule has 6 heteroatoms. The summed E-state index contributed by atoms with van der Waals surface area (Å²) in [5.41, 5.74) is 2.75. The Kier molecular flexibility index (Phi) is 3.76. The fraction of sp³-hybridized carbons (Fsp3) is 0.444. The molecule has 1 aromatic heterocycles. The quantitative estimate of drug-likeness (QED) is 0.939. The maximum absolute atomic E-state index is 11.4. The molecule has 2 aliphatic rings. The molecular formula is C18H21N3O3. The SMILES string of the molecule is Cc1ccc(-c2cc(CN3CCCC4(CNC(=O)O4)C3)on2)cc1. The van der Waals surface area contributed by atoms with Crippen LogP contribution >= 0.6 is 0 Å². The minimum Gasteiger partial charge on any atom is -0.440 e. The average Bonchev–Trinajstić information content (AvgIpc) is 3.16. The van der Waals surface area contributed by atoms with Crippen molar-refractivity contribution in [3.8, 4) is 11.3 Å². The summed E-state index contributed by atoms with van der Waals surface area (Å²) in [6.45, 7) is 5.03. The zero-order chi connectivity index (χ0) is 16.6. The van der Waals surface area contributed by atoms with Crippen LogP contribution in [-0.4, -0.2) is 41.4 Å². The number of benzene rings is 1. The number of nitrogens with one attached hydrogen (secondary N) is 1. The first-order valence-corrected chi connectivity index (χ1v) is 8.34. The van der Waals surface area contributed by atoms with Gasteiger partial charge in [-0.1, -0.05) is 35.0 Å². The molecular weight excluding hydrogens is 306 g/mol. The van der Waals surface area contributed by atoms with Crippen LogP contribution in [0.3, 0.4) is 0 Å². The van der Waals surface area contributed by atoms with Gasteiger partial charge in [-0.05, 0) is 26.3 Å². The van der Waals surface area contributed by atoms with E-state index in [0.29, 0.717) is 13.1 Å².